The summed E-state index contributed by atoms with van der Waals surface area (Å²) in [6.45, 7) is 7.93. The Hall–Kier alpha value is -1.06. The van der Waals surface area contributed by atoms with Gasteiger partial charge in [-0.25, -0.2) is 0 Å². The van der Waals surface area contributed by atoms with Crippen molar-refractivity contribution in [3.8, 4) is 0 Å². The maximum atomic E-state index is 5.80. The molecule has 1 fully saturated rings. The van der Waals surface area contributed by atoms with Crippen molar-refractivity contribution in [1.82, 2.24) is 4.90 Å². The Morgan fingerprint density at radius 3 is 2.65 bits per heavy atom. The van der Waals surface area contributed by atoms with Crippen LogP contribution >= 0.6 is 0 Å². The Morgan fingerprint density at radius 1 is 1.20 bits per heavy atom. The van der Waals surface area contributed by atoms with Crippen LogP contribution in [0.1, 0.15) is 37.7 Å². The van der Waals surface area contributed by atoms with Gasteiger partial charge in [0.15, 0.2) is 0 Å². The van der Waals surface area contributed by atoms with Crippen molar-refractivity contribution >= 4 is 5.69 Å². The minimum Gasteiger partial charge on any atom is -0.368 e. The van der Waals surface area contributed by atoms with Crippen LogP contribution in [-0.2, 0) is 0 Å². The number of likely N-dealkylation sites (tertiary alicyclic amines) is 1. The van der Waals surface area contributed by atoms with E-state index in [0.717, 1.165) is 19.0 Å². The summed E-state index contributed by atoms with van der Waals surface area (Å²) >= 11 is 0. The number of hydrogen-bond acceptors (Lipinski definition) is 3. The molecule has 1 aromatic carbocycles. The number of anilines is 1. The standard InChI is InChI=1S/C17H27N3/c1-2-19-11-8-15(9-12-19)20-13-14(7-10-18)16-5-3-4-6-17(16)20/h3-6,14-15H,2,7-13,18H2,1H3. The van der Waals surface area contributed by atoms with E-state index in [1.54, 1.807) is 0 Å². The normalized spacial score (nSPS) is 24.1. The predicted molar refractivity (Wildman–Crippen MR) is 85.3 cm³/mol. The molecule has 0 aliphatic carbocycles. The van der Waals surface area contributed by atoms with Crippen molar-refractivity contribution in [2.24, 2.45) is 5.73 Å². The van der Waals surface area contributed by atoms with Gasteiger partial charge in [0.1, 0.15) is 0 Å². The fourth-order valence-electron chi connectivity index (χ4n) is 3.87. The number of nitrogens with zero attached hydrogens (tertiary/aromatic N) is 2. The van der Waals surface area contributed by atoms with Gasteiger partial charge in [0.25, 0.3) is 0 Å². The molecule has 20 heavy (non-hydrogen) atoms. The van der Waals surface area contributed by atoms with Crippen LogP contribution in [0.3, 0.4) is 0 Å². The third kappa shape index (κ3) is 2.57. The Labute approximate surface area is 122 Å². The maximum Gasteiger partial charge on any atom is 0.0405 e. The SMILES string of the molecule is CCN1CCC(N2CC(CCN)c3ccccc32)CC1. The molecule has 3 heteroatoms. The Morgan fingerprint density at radius 2 is 1.95 bits per heavy atom. The topological polar surface area (TPSA) is 32.5 Å². The van der Waals surface area contributed by atoms with Gasteiger partial charge < -0.3 is 15.5 Å². The number of para-hydroxylation sites is 1. The molecule has 0 spiro atoms. The van der Waals surface area contributed by atoms with Crippen molar-refractivity contribution in [3.05, 3.63) is 29.8 Å². The fraction of sp³-hybridized carbons (Fsp3) is 0.647. The van der Waals surface area contributed by atoms with Gasteiger partial charge in [0.2, 0.25) is 0 Å². The highest BCUT2D eigenvalue weighted by molar-refractivity contribution is 5.61. The number of fused-ring (bicyclic) bond motifs is 1. The lowest BCUT2D eigenvalue weighted by atomic mass is 9.98. The lowest BCUT2D eigenvalue weighted by Gasteiger charge is -2.38. The fourth-order valence-corrected chi connectivity index (χ4v) is 3.87. The monoisotopic (exact) mass is 273 g/mol. The Bertz CT molecular complexity index is 438. The van der Waals surface area contributed by atoms with E-state index < -0.39 is 0 Å². The first-order chi connectivity index (χ1) is 9.83. The van der Waals surface area contributed by atoms with Crippen molar-refractivity contribution < 1.29 is 0 Å². The van der Waals surface area contributed by atoms with Crippen molar-refractivity contribution in [2.45, 2.75) is 38.1 Å². The second-order valence-electron chi connectivity index (χ2n) is 6.15. The zero-order chi connectivity index (χ0) is 13.9. The van der Waals surface area contributed by atoms with E-state index in [1.165, 1.54) is 50.3 Å². The molecular weight excluding hydrogens is 246 g/mol. The molecule has 2 N–H and O–H groups in total. The molecule has 2 aliphatic heterocycles. The van der Waals surface area contributed by atoms with E-state index in [4.69, 9.17) is 5.73 Å². The minimum absolute atomic E-state index is 0.639. The van der Waals surface area contributed by atoms with Crippen LogP contribution in [0.15, 0.2) is 24.3 Å². The Kier molecular flexibility index (Phi) is 4.27. The van der Waals surface area contributed by atoms with Crippen LogP contribution in [0.2, 0.25) is 0 Å². The molecule has 3 nitrogen and oxygen atoms in total. The van der Waals surface area contributed by atoms with Crippen molar-refractivity contribution in [3.63, 3.8) is 0 Å². The summed E-state index contributed by atoms with van der Waals surface area (Å²) in [6, 6.07) is 9.68. The highest BCUT2D eigenvalue weighted by atomic mass is 15.2. The zero-order valence-electron chi connectivity index (χ0n) is 12.6. The van der Waals surface area contributed by atoms with Gasteiger partial charge >= 0.3 is 0 Å². The summed E-state index contributed by atoms with van der Waals surface area (Å²) in [5.41, 5.74) is 8.80. The first-order valence-electron chi connectivity index (χ1n) is 8.11. The van der Waals surface area contributed by atoms with Gasteiger partial charge in [0, 0.05) is 37.3 Å². The third-order valence-electron chi connectivity index (χ3n) is 5.06. The van der Waals surface area contributed by atoms with Gasteiger partial charge in [-0.05, 0) is 44.0 Å². The first kappa shape index (κ1) is 13.9. The number of hydrogen-bond donors (Lipinski definition) is 1. The summed E-state index contributed by atoms with van der Waals surface area (Å²) in [4.78, 5) is 5.23. The summed E-state index contributed by atoms with van der Waals surface area (Å²) in [5.74, 6) is 0.639. The maximum absolute atomic E-state index is 5.80. The average Bonchev–Trinajstić information content (AvgIpc) is 2.87. The largest absolute Gasteiger partial charge is 0.368 e. The molecule has 2 aliphatic rings. The number of benzene rings is 1. The predicted octanol–water partition coefficient (Wildman–Crippen LogP) is 2.42. The summed E-state index contributed by atoms with van der Waals surface area (Å²) in [5, 5.41) is 0. The molecule has 0 saturated carbocycles. The smallest absolute Gasteiger partial charge is 0.0405 e. The van der Waals surface area contributed by atoms with Crippen molar-refractivity contribution in [1.29, 1.82) is 0 Å². The second-order valence-corrected chi connectivity index (χ2v) is 6.15. The van der Waals surface area contributed by atoms with Gasteiger partial charge in [-0.3, -0.25) is 0 Å². The van der Waals surface area contributed by atoms with E-state index in [-0.39, 0.29) is 0 Å². The molecule has 0 aromatic heterocycles. The van der Waals surface area contributed by atoms with E-state index in [1.807, 2.05) is 0 Å². The molecular formula is C17H27N3. The molecule has 0 bridgehead atoms. The average molecular weight is 273 g/mol. The van der Waals surface area contributed by atoms with Gasteiger partial charge in [0.05, 0.1) is 0 Å². The molecule has 2 heterocycles. The highest BCUT2D eigenvalue weighted by Crippen LogP contribution is 2.40. The minimum atomic E-state index is 0.639. The van der Waals surface area contributed by atoms with Crippen LogP contribution < -0.4 is 10.6 Å². The Balaban J connectivity index is 1.75. The highest BCUT2D eigenvalue weighted by Gasteiger charge is 2.33. The van der Waals surface area contributed by atoms with Crippen LogP contribution in [0.5, 0.6) is 0 Å². The van der Waals surface area contributed by atoms with Crippen LogP contribution in [0.4, 0.5) is 5.69 Å². The van der Waals surface area contributed by atoms with E-state index in [2.05, 4.69) is 41.0 Å². The van der Waals surface area contributed by atoms with E-state index >= 15 is 0 Å². The quantitative estimate of drug-likeness (QED) is 0.914. The molecule has 1 aromatic rings. The van der Waals surface area contributed by atoms with Gasteiger partial charge in [-0.15, -0.1) is 0 Å². The van der Waals surface area contributed by atoms with Gasteiger partial charge in [-0.1, -0.05) is 25.1 Å². The lowest BCUT2D eigenvalue weighted by Crippen LogP contribution is -2.44. The molecule has 0 radical (unpaired) electrons. The second kappa shape index (κ2) is 6.15. The number of piperidine rings is 1. The molecule has 110 valence electrons. The van der Waals surface area contributed by atoms with Gasteiger partial charge in [-0.2, -0.15) is 0 Å². The van der Waals surface area contributed by atoms with Crippen LogP contribution in [0.25, 0.3) is 0 Å². The zero-order valence-corrected chi connectivity index (χ0v) is 12.6. The molecule has 1 atom stereocenters. The van der Waals surface area contributed by atoms with Crippen LogP contribution in [-0.4, -0.2) is 43.7 Å². The van der Waals surface area contributed by atoms with Crippen LogP contribution in [0, 0.1) is 0 Å². The van der Waals surface area contributed by atoms with Crippen molar-refractivity contribution in [2.75, 3.05) is 37.6 Å². The molecule has 1 saturated heterocycles. The molecule has 0 amide bonds. The summed E-state index contributed by atoms with van der Waals surface area (Å²) in [7, 11) is 0. The van der Waals surface area contributed by atoms with E-state index in [0.29, 0.717) is 5.92 Å². The van der Waals surface area contributed by atoms with E-state index in [9.17, 15) is 0 Å². The lowest BCUT2D eigenvalue weighted by molar-refractivity contribution is 0.218. The summed E-state index contributed by atoms with van der Waals surface area (Å²) in [6.07, 6.45) is 3.72. The molecule has 3 rings (SSSR count). The number of rotatable bonds is 4. The first-order valence-corrected chi connectivity index (χ1v) is 8.11. The number of nitrogens with two attached hydrogens (primary N) is 1. The molecule has 1 unspecified atom stereocenters. The third-order valence-corrected chi connectivity index (χ3v) is 5.06. The summed E-state index contributed by atoms with van der Waals surface area (Å²) < 4.78 is 0.